The Hall–Kier alpha value is -3.03. The highest BCUT2D eigenvalue weighted by molar-refractivity contribution is 7.89. The molecule has 0 aliphatic carbocycles. The molecule has 1 amide bonds. The number of anilines is 1. The molecule has 12 heteroatoms. The summed E-state index contributed by atoms with van der Waals surface area (Å²) in [6.45, 7) is 1.66. The third-order valence-electron chi connectivity index (χ3n) is 5.77. The van der Waals surface area contributed by atoms with Crippen LogP contribution >= 0.6 is 0 Å². The van der Waals surface area contributed by atoms with E-state index in [2.05, 4.69) is 5.32 Å². The van der Waals surface area contributed by atoms with E-state index in [-0.39, 0.29) is 49.1 Å². The fourth-order valence-electron chi connectivity index (χ4n) is 4.03. The number of aliphatic hydroxyl groups is 1. The zero-order chi connectivity index (χ0) is 25.0. The molecule has 0 saturated carbocycles. The summed E-state index contributed by atoms with van der Waals surface area (Å²) < 4.78 is 38.0. The van der Waals surface area contributed by atoms with Gasteiger partial charge in [0.2, 0.25) is 15.9 Å². The molecule has 2 fully saturated rings. The Bertz CT molecular complexity index is 1180. The Kier molecular flexibility index (Phi) is 7.67. The molecule has 0 unspecified atom stereocenters. The lowest BCUT2D eigenvalue weighted by molar-refractivity contribution is -0.117. The van der Waals surface area contributed by atoms with Crippen molar-refractivity contribution in [3.8, 4) is 5.75 Å². The molecule has 2 aliphatic heterocycles. The first-order chi connectivity index (χ1) is 16.7. The van der Waals surface area contributed by atoms with Gasteiger partial charge in [-0.05, 0) is 36.4 Å². The number of morpholine rings is 1. The number of hydrogen-bond donors (Lipinski definition) is 3. The highest BCUT2D eigenvalue weighted by Gasteiger charge is 2.34. The van der Waals surface area contributed by atoms with Crippen molar-refractivity contribution in [3.63, 3.8) is 0 Å². The summed E-state index contributed by atoms with van der Waals surface area (Å²) in [5, 5.41) is 22.2. The van der Waals surface area contributed by atoms with Gasteiger partial charge in [-0.1, -0.05) is 12.1 Å². The maximum Gasteiger partial charge on any atom is 0.335 e. The molecule has 0 spiro atoms. The molecule has 2 aliphatic rings. The summed E-state index contributed by atoms with van der Waals surface area (Å²) >= 11 is 0. The smallest absolute Gasteiger partial charge is 0.335 e. The molecule has 0 radical (unpaired) electrons. The molecular weight excluding hydrogens is 478 g/mol. The van der Waals surface area contributed by atoms with Crippen LogP contribution in [0, 0.1) is 0 Å². The first-order valence-corrected chi connectivity index (χ1v) is 12.5. The van der Waals surface area contributed by atoms with E-state index in [1.807, 2.05) is 0 Å². The molecule has 2 aromatic carbocycles. The quantitative estimate of drug-likeness (QED) is 0.466. The van der Waals surface area contributed by atoms with E-state index >= 15 is 0 Å². The van der Waals surface area contributed by atoms with Gasteiger partial charge < -0.3 is 25.0 Å². The fraction of sp³-hybridized carbons (Fsp3) is 0.391. The molecule has 0 aromatic heterocycles. The van der Waals surface area contributed by atoms with Crippen LogP contribution in [0.15, 0.2) is 53.4 Å². The Morgan fingerprint density at radius 2 is 1.83 bits per heavy atom. The van der Waals surface area contributed by atoms with Gasteiger partial charge >= 0.3 is 5.97 Å². The largest absolute Gasteiger partial charge is 0.486 e. The highest BCUT2D eigenvalue weighted by atomic mass is 32.2. The number of amides is 1. The van der Waals surface area contributed by atoms with Crippen molar-refractivity contribution in [2.45, 2.75) is 17.1 Å². The normalized spacial score (nSPS) is 21.5. The molecule has 2 aromatic rings. The number of hydrogen-bond acceptors (Lipinski definition) is 8. The Morgan fingerprint density at radius 3 is 2.57 bits per heavy atom. The minimum absolute atomic E-state index is 0.0352. The molecule has 188 valence electrons. The summed E-state index contributed by atoms with van der Waals surface area (Å²) in [5.41, 5.74) is 0.423. The van der Waals surface area contributed by atoms with Crippen molar-refractivity contribution in [2.24, 2.45) is 0 Å². The van der Waals surface area contributed by atoms with Crippen LogP contribution in [0.25, 0.3) is 0 Å². The van der Waals surface area contributed by atoms with Crippen LogP contribution in [0.3, 0.4) is 0 Å². The first kappa shape index (κ1) is 25.1. The van der Waals surface area contributed by atoms with Crippen LogP contribution in [-0.4, -0.2) is 97.9 Å². The number of aromatic carboxylic acids is 1. The number of benzene rings is 2. The second-order valence-corrected chi connectivity index (χ2v) is 10.3. The van der Waals surface area contributed by atoms with Crippen LogP contribution in [0.2, 0.25) is 0 Å². The van der Waals surface area contributed by atoms with Gasteiger partial charge in [0.25, 0.3) is 0 Å². The Balaban J connectivity index is 1.34. The molecule has 2 heterocycles. The number of carbonyl (C=O) groups excluding carboxylic acids is 1. The van der Waals surface area contributed by atoms with Gasteiger partial charge in [0, 0.05) is 31.9 Å². The van der Waals surface area contributed by atoms with Gasteiger partial charge in [-0.2, -0.15) is 4.31 Å². The second-order valence-electron chi connectivity index (χ2n) is 8.34. The molecule has 2 atom stereocenters. The second kappa shape index (κ2) is 10.7. The van der Waals surface area contributed by atoms with Crippen molar-refractivity contribution < 1.29 is 37.7 Å². The Morgan fingerprint density at radius 1 is 1.09 bits per heavy atom. The van der Waals surface area contributed by atoms with Crippen LogP contribution in [0.5, 0.6) is 5.75 Å². The number of likely N-dealkylation sites (tertiary alicyclic amines) is 1. The lowest BCUT2D eigenvalue weighted by atomic mass is 10.2. The van der Waals surface area contributed by atoms with Gasteiger partial charge in [0.1, 0.15) is 18.0 Å². The van der Waals surface area contributed by atoms with E-state index in [4.69, 9.17) is 14.6 Å². The number of rotatable bonds is 8. The molecule has 35 heavy (non-hydrogen) atoms. The van der Waals surface area contributed by atoms with Crippen molar-refractivity contribution in [2.75, 3.05) is 51.3 Å². The SMILES string of the molecule is O=C(CN1C[C@@H](O)[C@H](Oc2cccc(C(=O)O)c2)C1)Nc1cccc(S(=O)(=O)N2CCOCC2)c1. The lowest BCUT2D eigenvalue weighted by Crippen LogP contribution is -2.40. The molecule has 3 N–H and O–H groups in total. The van der Waals surface area contributed by atoms with E-state index < -0.39 is 28.2 Å². The topological polar surface area (TPSA) is 146 Å². The van der Waals surface area contributed by atoms with Crippen LogP contribution < -0.4 is 10.1 Å². The van der Waals surface area contributed by atoms with Gasteiger partial charge in [-0.25, -0.2) is 13.2 Å². The molecule has 11 nitrogen and oxygen atoms in total. The van der Waals surface area contributed by atoms with Crippen LogP contribution in [-0.2, 0) is 19.6 Å². The number of nitrogens with one attached hydrogen (secondary N) is 1. The van der Waals surface area contributed by atoms with E-state index in [0.717, 1.165) is 0 Å². The fourth-order valence-corrected chi connectivity index (χ4v) is 5.48. The summed E-state index contributed by atoms with van der Waals surface area (Å²) in [6, 6.07) is 12.1. The van der Waals surface area contributed by atoms with E-state index in [1.165, 1.54) is 28.6 Å². The van der Waals surface area contributed by atoms with Gasteiger partial charge in [0.15, 0.2) is 0 Å². The minimum atomic E-state index is -3.69. The third-order valence-corrected chi connectivity index (χ3v) is 7.67. The number of carboxylic acids is 1. The predicted octanol–water partition coefficient (Wildman–Crippen LogP) is 0.468. The lowest BCUT2D eigenvalue weighted by Gasteiger charge is -2.26. The zero-order valence-corrected chi connectivity index (χ0v) is 19.7. The van der Waals surface area contributed by atoms with E-state index in [1.54, 1.807) is 29.2 Å². The number of β-amino-alcohol motifs (C(OH)–C–C–N with tert-alkyl or cyclic N) is 1. The molecule has 0 bridgehead atoms. The number of nitrogens with zero attached hydrogens (tertiary/aromatic N) is 2. The minimum Gasteiger partial charge on any atom is -0.486 e. The summed E-state index contributed by atoms with van der Waals surface area (Å²) in [6.07, 6.45) is -1.49. The average Bonchev–Trinajstić information content (AvgIpc) is 3.17. The monoisotopic (exact) mass is 505 g/mol. The van der Waals surface area contributed by atoms with Crippen molar-refractivity contribution in [1.82, 2.24) is 9.21 Å². The zero-order valence-electron chi connectivity index (χ0n) is 18.9. The number of aliphatic hydroxyl groups excluding tert-OH is 1. The predicted molar refractivity (Wildman–Crippen MR) is 125 cm³/mol. The summed E-state index contributed by atoms with van der Waals surface area (Å²) in [5.74, 6) is -1.13. The Labute approximate surface area is 202 Å². The molecular formula is C23H27N3O8S. The first-order valence-electron chi connectivity index (χ1n) is 11.1. The number of carbonyl (C=O) groups is 2. The standard InChI is InChI=1S/C23H27N3O8S/c27-20-13-25(14-21(20)34-18-5-1-3-16(11-18)23(29)30)15-22(28)24-17-4-2-6-19(12-17)35(31,32)26-7-9-33-10-8-26/h1-6,11-12,20-21,27H,7-10,13-15H2,(H,24,28)(H,29,30)/t20-,21-/m1/s1. The van der Waals surface area contributed by atoms with Crippen LogP contribution in [0.4, 0.5) is 5.69 Å². The summed E-state index contributed by atoms with van der Waals surface area (Å²) in [7, 11) is -3.69. The highest BCUT2D eigenvalue weighted by Crippen LogP contribution is 2.22. The van der Waals surface area contributed by atoms with Crippen molar-refractivity contribution in [3.05, 3.63) is 54.1 Å². The van der Waals surface area contributed by atoms with E-state index in [9.17, 15) is 23.1 Å². The third kappa shape index (κ3) is 6.16. The van der Waals surface area contributed by atoms with Gasteiger partial charge in [-0.3, -0.25) is 9.69 Å². The van der Waals surface area contributed by atoms with Gasteiger partial charge in [-0.15, -0.1) is 0 Å². The maximum absolute atomic E-state index is 12.9. The van der Waals surface area contributed by atoms with Crippen molar-refractivity contribution in [1.29, 1.82) is 0 Å². The number of ether oxygens (including phenoxy) is 2. The maximum atomic E-state index is 12.9. The number of sulfonamides is 1. The van der Waals surface area contributed by atoms with E-state index in [0.29, 0.717) is 24.7 Å². The van der Waals surface area contributed by atoms with Gasteiger partial charge in [0.05, 0.1) is 30.2 Å². The van der Waals surface area contributed by atoms with Crippen LogP contribution in [0.1, 0.15) is 10.4 Å². The number of carboxylic acid groups (broad SMARTS) is 1. The average molecular weight is 506 g/mol. The molecule has 4 rings (SSSR count). The molecule has 2 saturated heterocycles. The van der Waals surface area contributed by atoms with Crippen molar-refractivity contribution >= 4 is 27.6 Å². The summed E-state index contributed by atoms with van der Waals surface area (Å²) in [4.78, 5) is 25.5.